The molecular formula is C20H13F3N8S. The minimum absolute atomic E-state index is 0.00752. The Balaban J connectivity index is 1.96. The summed E-state index contributed by atoms with van der Waals surface area (Å²) in [5.74, 6) is 1.41. The molecule has 0 saturated carbocycles. The van der Waals surface area contributed by atoms with Gasteiger partial charge in [-0.25, -0.2) is 19.6 Å². The molecule has 0 aliphatic heterocycles. The molecule has 0 fully saturated rings. The van der Waals surface area contributed by atoms with Gasteiger partial charge < -0.3 is 4.57 Å². The van der Waals surface area contributed by atoms with Crippen molar-refractivity contribution >= 4 is 22.8 Å². The van der Waals surface area contributed by atoms with Gasteiger partial charge in [0.25, 0.3) is 0 Å². The van der Waals surface area contributed by atoms with Crippen molar-refractivity contribution in [2.24, 2.45) is 7.05 Å². The zero-order chi connectivity index (χ0) is 23.0. The fourth-order valence-electron chi connectivity index (χ4n) is 3.17. The first kappa shape index (κ1) is 21.3. The molecule has 0 bridgehead atoms. The van der Waals surface area contributed by atoms with Crippen LogP contribution < -0.4 is 0 Å². The molecule has 4 rings (SSSR count). The number of imidazole rings is 1. The van der Waals surface area contributed by atoms with Gasteiger partial charge in [-0.05, 0) is 24.0 Å². The lowest BCUT2D eigenvalue weighted by Crippen LogP contribution is -2.09. The summed E-state index contributed by atoms with van der Waals surface area (Å²) >= 11 is 1.49. The van der Waals surface area contributed by atoms with Crippen molar-refractivity contribution in [2.75, 3.05) is 5.75 Å². The molecule has 32 heavy (non-hydrogen) atoms. The third kappa shape index (κ3) is 3.65. The largest absolute Gasteiger partial charge is 0.433 e. The number of hydrogen-bond donors (Lipinski definition) is 0. The third-order valence-corrected chi connectivity index (χ3v) is 5.48. The fourth-order valence-corrected chi connectivity index (χ4v) is 3.92. The number of halogens is 3. The molecule has 0 radical (unpaired) electrons. The molecule has 160 valence electrons. The number of pyridine rings is 2. The molecule has 0 atom stereocenters. The Morgan fingerprint density at radius 2 is 1.91 bits per heavy atom. The van der Waals surface area contributed by atoms with Crippen molar-refractivity contribution in [3.05, 3.63) is 47.5 Å². The Morgan fingerprint density at radius 3 is 2.53 bits per heavy atom. The van der Waals surface area contributed by atoms with Crippen LogP contribution in [0.4, 0.5) is 13.2 Å². The smallest absolute Gasteiger partial charge is 0.323 e. The van der Waals surface area contributed by atoms with E-state index in [-0.39, 0.29) is 22.6 Å². The van der Waals surface area contributed by atoms with E-state index in [1.54, 1.807) is 19.2 Å². The highest BCUT2D eigenvalue weighted by molar-refractivity contribution is 7.99. The van der Waals surface area contributed by atoms with Gasteiger partial charge >= 0.3 is 6.18 Å². The second-order valence-corrected chi connectivity index (χ2v) is 7.87. The number of thioether (sulfide) groups is 1. The summed E-state index contributed by atoms with van der Waals surface area (Å²) in [6.07, 6.45) is -1.80. The predicted molar refractivity (Wildman–Crippen MR) is 110 cm³/mol. The maximum atomic E-state index is 13.2. The molecule has 0 spiro atoms. The van der Waals surface area contributed by atoms with Gasteiger partial charge in [-0.3, -0.25) is 0 Å². The van der Waals surface area contributed by atoms with E-state index in [2.05, 4.69) is 20.1 Å². The van der Waals surface area contributed by atoms with Crippen LogP contribution in [0.1, 0.15) is 23.9 Å². The summed E-state index contributed by atoms with van der Waals surface area (Å²) in [5, 5.41) is 22.6. The second kappa shape index (κ2) is 7.98. The van der Waals surface area contributed by atoms with Gasteiger partial charge in [0.2, 0.25) is 0 Å². The van der Waals surface area contributed by atoms with Crippen molar-refractivity contribution in [1.82, 2.24) is 29.3 Å². The van der Waals surface area contributed by atoms with Gasteiger partial charge in [0.05, 0.1) is 23.5 Å². The van der Waals surface area contributed by atoms with Crippen LogP contribution >= 0.6 is 11.8 Å². The lowest BCUT2D eigenvalue weighted by atomic mass is 10.2. The predicted octanol–water partition coefficient (Wildman–Crippen LogP) is 4.09. The number of hydrogen-bond acceptors (Lipinski definition) is 7. The minimum Gasteiger partial charge on any atom is -0.323 e. The van der Waals surface area contributed by atoms with E-state index in [1.165, 1.54) is 33.4 Å². The first-order valence-electron chi connectivity index (χ1n) is 9.21. The molecule has 8 nitrogen and oxygen atoms in total. The van der Waals surface area contributed by atoms with Gasteiger partial charge in [-0.2, -0.15) is 28.8 Å². The van der Waals surface area contributed by atoms with Crippen LogP contribution in [0.15, 0.2) is 35.5 Å². The van der Waals surface area contributed by atoms with Gasteiger partial charge in [-0.15, -0.1) is 11.8 Å². The van der Waals surface area contributed by atoms with E-state index in [9.17, 15) is 18.4 Å². The maximum Gasteiger partial charge on any atom is 0.433 e. The van der Waals surface area contributed by atoms with E-state index in [0.717, 1.165) is 16.7 Å². The average Bonchev–Trinajstić information content (AvgIpc) is 3.38. The van der Waals surface area contributed by atoms with Crippen LogP contribution in [-0.4, -0.2) is 35.1 Å². The molecule has 0 aliphatic rings. The van der Waals surface area contributed by atoms with Crippen LogP contribution in [0.2, 0.25) is 0 Å². The lowest BCUT2D eigenvalue weighted by Gasteiger charge is -2.10. The van der Waals surface area contributed by atoms with Crippen LogP contribution in [0.5, 0.6) is 0 Å². The molecule has 0 aromatic carbocycles. The normalized spacial score (nSPS) is 11.5. The SMILES string of the molecule is CCSc1ccc(-n2cc(C#N)cn2)nc1-c1nc2cc(C(F)(F)F)nc(C#N)c2n1C. The number of fused-ring (bicyclic) bond motifs is 1. The Kier molecular flexibility index (Phi) is 5.32. The number of aromatic nitrogens is 6. The highest BCUT2D eigenvalue weighted by Crippen LogP contribution is 2.35. The number of nitrogens with zero attached hydrogens (tertiary/aromatic N) is 8. The van der Waals surface area contributed by atoms with Crippen LogP contribution in [0.3, 0.4) is 0 Å². The zero-order valence-electron chi connectivity index (χ0n) is 16.7. The first-order valence-corrected chi connectivity index (χ1v) is 10.2. The molecular weight excluding hydrogens is 441 g/mol. The Hall–Kier alpha value is -3.90. The highest BCUT2D eigenvalue weighted by Gasteiger charge is 2.34. The Labute approximate surface area is 184 Å². The highest BCUT2D eigenvalue weighted by atomic mass is 32.2. The number of alkyl halides is 3. The summed E-state index contributed by atoms with van der Waals surface area (Å²) < 4.78 is 42.7. The molecule has 4 aromatic heterocycles. The van der Waals surface area contributed by atoms with Crippen molar-refractivity contribution in [3.63, 3.8) is 0 Å². The minimum atomic E-state index is -4.71. The summed E-state index contributed by atoms with van der Waals surface area (Å²) in [7, 11) is 1.59. The molecule has 0 N–H and O–H groups in total. The van der Waals surface area contributed by atoms with Gasteiger partial charge in [-0.1, -0.05) is 6.92 Å². The molecule has 0 unspecified atom stereocenters. The molecule has 4 heterocycles. The van der Waals surface area contributed by atoms with E-state index < -0.39 is 11.9 Å². The quantitative estimate of drug-likeness (QED) is 0.427. The number of rotatable bonds is 4. The Bertz CT molecular complexity index is 1420. The van der Waals surface area contributed by atoms with E-state index in [0.29, 0.717) is 17.1 Å². The summed E-state index contributed by atoms with van der Waals surface area (Å²) in [4.78, 5) is 13.2. The van der Waals surface area contributed by atoms with Crippen LogP contribution in [0.25, 0.3) is 28.4 Å². The van der Waals surface area contributed by atoms with Crippen molar-refractivity contribution in [1.29, 1.82) is 10.5 Å². The third-order valence-electron chi connectivity index (χ3n) is 4.55. The van der Waals surface area contributed by atoms with Crippen molar-refractivity contribution in [3.8, 4) is 29.5 Å². The van der Waals surface area contributed by atoms with Crippen LogP contribution in [0, 0.1) is 22.7 Å². The van der Waals surface area contributed by atoms with E-state index >= 15 is 0 Å². The van der Waals surface area contributed by atoms with Gasteiger partial charge in [0, 0.05) is 11.9 Å². The molecule has 12 heteroatoms. The monoisotopic (exact) mass is 454 g/mol. The number of nitriles is 2. The van der Waals surface area contributed by atoms with Crippen LogP contribution in [-0.2, 0) is 13.2 Å². The summed E-state index contributed by atoms with van der Waals surface area (Å²) in [6.45, 7) is 1.96. The number of aryl methyl sites for hydroxylation is 1. The lowest BCUT2D eigenvalue weighted by molar-refractivity contribution is -0.141. The zero-order valence-corrected chi connectivity index (χ0v) is 17.5. The second-order valence-electron chi connectivity index (χ2n) is 6.56. The van der Waals surface area contributed by atoms with Crippen molar-refractivity contribution in [2.45, 2.75) is 18.0 Å². The van der Waals surface area contributed by atoms with Crippen molar-refractivity contribution < 1.29 is 13.2 Å². The van der Waals surface area contributed by atoms with Gasteiger partial charge in [0.1, 0.15) is 29.0 Å². The first-order chi connectivity index (χ1) is 15.3. The molecule has 0 saturated heterocycles. The molecule has 4 aromatic rings. The fraction of sp³-hybridized carbons (Fsp3) is 0.200. The topological polar surface area (TPSA) is 109 Å². The molecule has 0 aliphatic carbocycles. The van der Waals surface area contributed by atoms with E-state index in [1.807, 2.05) is 19.1 Å². The standard InChI is InChI=1S/C20H13F3N8S/c1-3-32-14-4-5-16(31-10-11(7-24)9-26-31)29-17(14)19-28-12-6-15(20(21,22)23)27-13(8-25)18(12)30(19)2/h4-6,9-10H,3H2,1-2H3. The average molecular weight is 454 g/mol. The Morgan fingerprint density at radius 1 is 1.12 bits per heavy atom. The van der Waals surface area contributed by atoms with Gasteiger partial charge in [0.15, 0.2) is 17.3 Å². The maximum absolute atomic E-state index is 13.2. The summed E-state index contributed by atoms with van der Waals surface area (Å²) in [5.41, 5.74) is -0.612. The summed E-state index contributed by atoms with van der Waals surface area (Å²) in [6, 6.07) is 8.08. The molecule has 0 amide bonds. The van der Waals surface area contributed by atoms with E-state index in [4.69, 9.17) is 5.26 Å².